The van der Waals surface area contributed by atoms with Crippen molar-refractivity contribution >= 4 is 10.0 Å². The first kappa shape index (κ1) is 14.0. The summed E-state index contributed by atoms with van der Waals surface area (Å²) in [5.74, 6) is 0. The van der Waals surface area contributed by atoms with E-state index in [1.165, 1.54) is 0 Å². The Morgan fingerprint density at radius 2 is 2.06 bits per heavy atom. The van der Waals surface area contributed by atoms with Crippen molar-refractivity contribution in [2.75, 3.05) is 13.6 Å². The highest BCUT2D eigenvalue weighted by Gasteiger charge is 2.35. The maximum Gasteiger partial charge on any atom is 0.402 e. The Morgan fingerprint density at radius 3 is 2.47 bits per heavy atom. The number of hydrogen-bond donors (Lipinski definition) is 2. The number of nitrogens with one attached hydrogen (secondary N) is 1. The maximum atomic E-state index is 12.1. The molecule has 0 unspecified atom stereocenters. The molecule has 1 rings (SSSR count). The van der Waals surface area contributed by atoms with Gasteiger partial charge in [-0.3, -0.25) is 0 Å². The summed E-state index contributed by atoms with van der Waals surface area (Å²) >= 11 is 0. The second-order valence-corrected chi connectivity index (χ2v) is 5.44. The number of aliphatic hydroxyl groups is 1. The Bertz CT molecular complexity index is 480. The van der Waals surface area contributed by atoms with Crippen LogP contribution in [0, 0.1) is 0 Å². The van der Waals surface area contributed by atoms with Crippen LogP contribution in [0.1, 0.15) is 5.69 Å². The molecule has 0 amide bonds. The smallest absolute Gasteiger partial charge is 0.390 e. The van der Waals surface area contributed by atoms with Gasteiger partial charge in [-0.2, -0.15) is 17.5 Å². The molecule has 1 aromatic heterocycles. The Hall–Kier alpha value is -1.06. The van der Waals surface area contributed by atoms with E-state index in [9.17, 15) is 21.6 Å². The minimum Gasteiger partial charge on any atom is -0.390 e. The normalized spacial score (nSPS) is 13.3. The third-order valence-electron chi connectivity index (χ3n) is 2.00. The van der Waals surface area contributed by atoms with Crippen molar-refractivity contribution in [3.63, 3.8) is 0 Å². The minimum atomic E-state index is -4.60. The molecule has 0 aromatic carbocycles. The molecule has 0 saturated heterocycles. The summed E-state index contributed by atoms with van der Waals surface area (Å²) in [6, 6.07) is 1.09. The quantitative estimate of drug-likeness (QED) is 0.847. The molecule has 98 valence electrons. The molecule has 17 heavy (non-hydrogen) atoms. The van der Waals surface area contributed by atoms with Gasteiger partial charge in [0.05, 0.1) is 11.5 Å². The van der Waals surface area contributed by atoms with Gasteiger partial charge in [-0.1, -0.05) is 0 Å². The summed E-state index contributed by atoms with van der Waals surface area (Å²) in [6.45, 7) is -1.98. The number of H-pyrrole nitrogens is 1. The van der Waals surface area contributed by atoms with Crippen LogP contribution in [0.2, 0.25) is 0 Å². The van der Waals surface area contributed by atoms with E-state index in [0.29, 0.717) is 0 Å². The van der Waals surface area contributed by atoms with Crippen LogP contribution in [0.4, 0.5) is 13.2 Å². The van der Waals surface area contributed by atoms with Crippen molar-refractivity contribution < 1.29 is 26.7 Å². The first-order valence-corrected chi connectivity index (χ1v) is 5.92. The fourth-order valence-corrected chi connectivity index (χ4v) is 2.35. The van der Waals surface area contributed by atoms with Crippen LogP contribution in [0.5, 0.6) is 0 Å². The number of alkyl halides is 3. The molecule has 0 radical (unpaired) electrons. The average Bonchev–Trinajstić information content (AvgIpc) is 2.63. The van der Waals surface area contributed by atoms with Crippen molar-refractivity contribution in [1.29, 1.82) is 0 Å². The standard InChI is InChI=1S/C8H11F3N2O3S/c1-13(5-8(9,10)11)17(15,16)7-2-6(4-14)12-3-7/h2-3,12,14H,4-5H2,1H3. The number of hydrogen-bond acceptors (Lipinski definition) is 3. The van der Waals surface area contributed by atoms with E-state index in [-0.39, 0.29) is 14.9 Å². The van der Waals surface area contributed by atoms with Gasteiger partial charge >= 0.3 is 6.18 Å². The summed E-state index contributed by atoms with van der Waals surface area (Å²) in [7, 11) is -3.35. The van der Waals surface area contributed by atoms with Gasteiger partial charge in [0, 0.05) is 18.9 Å². The summed E-state index contributed by atoms with van der Waals surface area (Å²) in [5.41, 5.74) is 0.212. The first-order valence-electron chi connectivity index (χ1n) is 4.48. The van der Waals surface area contributed by atoms with E-state index >= 15 is 0 Å². The zero-order valence-corrected chi connectivity index (χ0v) is 9.64. The molecule has 1 aromatic rings. The van der Waals surface area contributed by atoms with Crippen molar-refractivity contribution in [2.24, 2.45) is 0 Å². The van der Waals surface area contributed by atoms with E-state index < -0.39 is 29.4 Å². The lowest BCUT2D eigenvalue weighted by atomic mass is 10.5. The van der Waals surface area contributed by atoms with Gasteiger partial charge in [0.2, 0.25) is 10.0 Å². The fraction of sp³-hybridized carbons (Fsp3) is 0.500. The SMILES string of the molecule is CN(CC(F)(F)F)S(=O)(=O)c1c[nH]c(CO)c1. The van der Waals surface area contributed by atoms with Crippen LogP contribution in [0.25, 0.3) is 0 Å². The largest absolute Gasteiger partial charge is 0.402 e. The lowest BCUT2D eigenvalue weighted by Gasteiger charge is -2.17. The number of halogens is 3. The Kier molecular flexibility index (Phi) is 3.84. The molecule has 0 fully saturated rings. The second kappa shape index (κ2) is 4.67. The van der Waals surface area contributed by atoms with Crippen LogP contribution >= 0.6 is 0 Å². The van der Waals surface area contributed by atoms with Gasteiger partial charge in [0.25, 0.3) is 0 Å². The molecule has 0 saturated carbocycles. The molecule has 0 atom stereocenters. The molecule has 0 spiro atoms. The van der Waals surface area contributed by atoms with Crippen LogP contribution in [0.3, 0.4) is 0 Å². The molecular formula is C8H11F3N2O3S. The third-order valence-corrected chi connectivity index (χ3v) is 3.78. The summed E-state index contributed by atoms with van der Waals surface area (Å²) in [4.78, 5) is 2.13. The van der Waals surface area contributed by atoms with E-state index in [2.05, 4.69) is 4.98 Å². The number of sulfonamides is 1. The molecule has 0 aliphatic carbocycles. The first-order chi connectivity index (χ1) is 7.66. The number of aromatic amines is 1. The van der Waals surface area contributed by atoms with Gasteiger partial charge in [-0.15, -0.1) is 0 Å². The predicted octanol–water partition coefficient (Wildman–Crippen LogP) is 0.690. The zero-order valence-electron chi connectivity index (χ0n) is 8.82. The van der Waals surface area contributed by atoms with Gasteiger partial charge in [-0.25, -0.2) is 8.42 Å². The average molecular weight is 272 g/mol. The molecule has 0 bridgehead atoms. The van der Waals surface area contributed by atoms with Crippen molar-refractivity contribution in [1.82, 2.24) is 9.29 Å². The molecule has 0 aliphatic rings. The van der Waals surface area contributed by atoms with E-state index in [1.54, 1.807) is 0 Å². The van der Waals surface area contributed by atoms with Crippen LogP contribution in [-0.4, -0.2) is 42.6 Å². The lowest BCUT2D eigenvalue weighted by molar-refractivity contribution is -0.134. The topological polar surface area (TPSA) is 73.4 Å². The molecule has 2 N–H and O–H groups in total. The Labute approximate surface area is 95.9 Å². The number of aromatic nitrogens is 1. The van der Waals surface area contributed by atoms with E-state index in [0.717, 1.165) is 19.3 Å². The molecule has 1 heterocycles. The molecular weight excluding hydrogens is 261 g/mol. The maximum absolute atomic E-state index is 12.1. The summed E-state index contributed by atoms with van der Waals surface area (Å²) in [5, 5.41) is 8.72. The highest BCUT2D eigenvalue weighted by Crippen LogP contribution is 2.21. The van der Waals surface area contributed by atoms with Crippen LogP contribution in [-0.2, 0) is 16.6 Å². The van der Waals surface area contributed by atoms with E-state index in [1.807, 2.05) is 0 Å². The highest BCUT2D eigenvalue weighted by atomic mass is 32.2. The second-order valence-electron chi connectivity index (χ2n) is 3.39. The Balaban J connectivity index is 2.95. The summed E-state index contributed by atoms with van der Waals surface area (Å²) in [6.07, 6.45) is -3.56. The third kappa shape index (κ3) is 3.45. The molecule has 9 heteroatoms. The van der Waals surface area contributed by atoms with Gasteiger partial charge in [0.1, 0.15) is 6.54 Å². The number of aliphatic hydroxyl groups excluding tert-OH is 1. The number of rotatable bonds is 4. The Morgan fingerprint density at radius 1 is 1.47 bits per heavy atom. The highest BCUT2D eigenvalue weighted by molar-refractivity contribution is 7.89. The van der Waals surface area contributed by atoms with E-state index in [4.69, 9.17) is 5.11 Å². The fourth-order valence-electron chi connectivity index (χ4n) is 1.18. The summed E-state index contributed by atoms with van der Waals surface area (Å²) < 4.78 is 59.7. The molecule has 5 nitrogen and oxygen atoms in total. The lowest BCUT2D eigenvalue weighted by Crippen LogP contribution is -2.35. The van der Waals surface area contributed by atoms with Crippen LogP contribution < -0.4 is 0 Å². The van der Waals surface area contributed by atoms with Gasteiger partial charge < -0.3 is 10.1 Å². The van der Waals surface area contributed by atoms with Gasteiger partial charge in [-0.05, 0) is 6.07 Å². The van der Waals surface area contributed by atoms with Gasteiger partial charge in [0.15, 0.2) is 0 Å². The predicted molar refractivity (Wildman–Crippen MR) is 52.6 cm³/mol. The molecule has 0 aliphatic heterocycles. The van der Waals surface area contributed by atoms with Crippen LogP contribution in [0.15, 0.2) is 17.2 Å². The zero-order chi connectivity index (χ0) is 13.3. The number of nitrogens with zero attached hydrogens (tertiary/aromatic N) is 1. The van der Waals surface area contributed by atoms with Crippen molar-refractivity contribution in [3.8, 4) is 0 Å². The van der Waals surface area contributed by atoms with Crippen molar-refractivity contribution in [3.05, 3.63) is 18.0 Å². The van der Waals surface area contributed by atoms with Crippen molar-refractivity contribution in [2.45, 2.75) is 17.7 Å². The monoisotopic (exact) mass is 272 g/mol. The minimum absolute atomic E-state index is 0.206.